The van der Waals surface area contributed by atoms with Gasteiger partial charge >= 0.3 is 0 Å². The van der Waals surface area contributed by atoms with E-state index < -0.39 is 60.1 Å². The molecule has 8 N–H and O–H groups in total. The van der Waals surface area contributed by atoms with Crippen LogP contribution in [0.2, 0.25) is 0 Å². The highest BCUT2D eigenvalue weighted by molar-refractivity contribution is 5.91. The van der Waals surface area contributed by atoms with Gasteiger partial charge in [0.2, 0.25) is 23.5 Å². The Hall–Kier alpha value is -5.70. The van der Waals surface area contributed by atoms with Gasteiger partial charge in [-0.25, -0.2) is 0 Å². The van der Waals surface area contributed by atoms with Crippen LogP contribution in [0.3, 0.4) is 0 Å². The van der Waals surface area contributed by atoms with Gasteiger partial charge in [0.1, 0.15) is 24.3 Å². The molecule has 0 saturated heterocycles. The van der Waals surface area contributed by atoms with Crippen LogP contribution in [0.25, 0.3) is 22.8 Å². The summed E-state index contributed by atoms with van der Waals surface area (Å²) in [5.41, 5.74) is 2.42. The van der Waals surface area contributed by atoms with Crippen LogP contribution in [0.1, 0.15) is 38.8 Å². The third kappa shape index (κ3) is 10.7. The molecular formula is C34H46N12O8. The van der Waals surface area contributed by atoms with Crippen molar-refractivity contribution in [2.24, 2.45) is 11.8 Å². The molecule has 2 aromatic heterocycles. The number of likely N-dealkylation sites (N-methyl/N-ethyl adjacent to an activating group) is 2. The molecule has 0 aliphatic rings. The van der Waals surface area contributed by atoms with Gasteiger partial charge in [-0.1, -0.05) is 76.2 Å². The van der Waals surface area contributed by atoms with E-state index in [9.17, 15) is 29.4 Å². The maximum absolute atomic E-state index is 13.8. The first-order valence-electron chi connectivity index (χ1n) is 17.1. The number of aliphatic hydroxyl groups is 2. The summed E-state index contributed by atoms with van der Waals surface area (Å²) in [7, 11) is 2.83. The molecule has 2 aromatic carbocycles. The molecule has 0 unspecified atom stereocenters. The van der Waals surface area contributed by atoms with E-state index in [0.29, 0.717) is 33.9 Å². The minimum Gasteiger partial charge on any atom is -0.387 e. The Bertz CT molecular complexity index is 1660. The summed E-state index contributed by atoms with van der Waals surface area (Å²) in [6.07, 6.45) is -7.82. The Morgan fingerprint density at radius 1 is 0.611 bits per heavy atom. The van der Waals surface area contributed by atoms with Crippen molar-refractivity contribution in [1.29, 1.82) is 0 Å². The SMILES string of the molecule is CNC(=O)[C@@H](NC(=O)[C@H](OCc1ccc(-c2nn[nH]n2)cc1)[C@H](O)[C@@H](O)[C@@H](OCc1ccc(-c2nn[nH]n2)cc1)C(=O)N[C@H](C(=O)NC)C(C)C)C(C)C. The lowest BCUT2D eigenvalue weighted by atomic mass is 9.98. The molecule has 0 bridgehead atoms. The second-order valence-corrected chi connectivity index (χ2v) is 13.0. The van der Waals surface area contributed by atoms with Crippen LogP contribution < -0.4 is 21.3 Å². The van der Waals surface area contributed by atoms with Crippen molar-refractivity contribution in [1.82, 2.24) is 62.5 Å². The summed E-state index contributed by atoms with van der Waals surface area (Å²) in [6.45, 7) is 6.38. The molecular weight excluding hydrogens is 704 g/mol. The topological polar surface area (TPSA) is 284 Å². The fourth-order valence-electron chi connectivity index (χ4n) is 5.31. The number of nitrogens with one attached hydrogen (secondary N) is 6. The molecule has 0 fully saturated rings. The minimum atomic E-state index is -2.09. The van der Waals surface area contributed by atoms with Gasteiger partial charge in [0.05, 0.1) is 13.2 Å². The summed E-state index contributed by atoms with van der Waals surface area (Å²) in [6, 6.07) is 11.5. The van der Waals surface area contributed by atoms with E-state index in [2.05, 4.69) is 62.5 Å². The van der Waals surface area contributed by atoms with Gasteiger partial charge in [0, 0.05) is 25.2 Å². The average molecular weight is 751 g/mol. The molecule has 20 heteroatoms. The lowest BCUT2D eigenvalue weighted by Gasteiger charge is -2.32. The number of nitrogens with zero attached hydrogens (tertiary/aromatic N) is 6. The van der Waals surface area contributed by atoms with Crippen LogP contribution in [-0.2, 0) is 41.9 Å². The van der Waals surface area contributed by atoms with E-state index in [1.165, 1.54) is 14.1 Å². The smallest absolute Gasteiger partial charge is 0.252 e. The Balaban J connectivity index is 1.62. The number of hydrogen-bond donors (Lipinski definition) is 8. The standard InChI is InChI=1S/C34H46N12O8/c1-17(2)23(31(49)35-5)37-33(51)27(53-15-19-7-11-21(12-8-19)29-39-43-44-40-29)25(47)26(48)28(34(52)38-24(18(3)4)32(50)36-6)54-16-20-9-13-22(14-10-20)30-41-45-46-42-30/h7-14,17-18,23-28,47-48H,15-16H2,1-6H3,(H,35,49)(H,36,50)(H,37,51)(H,38,52)(H,39,40,43,44)(H,41,42,45,46)/t23-,24-,25+,26+,27+,28+/m0/s1. The summed E-state index contributed by atoms with van der Waals surface area (Å²) in [5, 5.41) is 61.1. The number of carbonyl (C=O) groups excluding carboxylic acids is 4. The van der Waals surface area contributed by atoms with Gasteiger partial charge in [-0.2, -0.15) is 10.4 Å². The van der Waals surface area contributed by atoms with Gasteiger partial charge in [-0.3, -0.25) is 19.2 Å². The zero-order valence-electron chi connectivity index (χ0n) is 30.7. The van der Waals surface area contributed by atoms with Crippen LogP contribution in [0.15, 0.2) is 48.5 Å². The average Bonchev–Trinajstić information content (AvgIpc) is 3.92. The Morgan fingerprint density at radius 2 is 0.963 bits per heavy atom. The lowest BCUT2D eigenvalue weighted by molar-refractivity contribution is -0.171. The highest BCUT2D eigenvalue weighted by Crippen LogP contribution is 2.20. The van der Waals surface area contributed by atoms with Crippen molar-refractivity contribution in [3.8, 4) is 22.8 Å². The van der Waals surface area contributed by atoms with E-state index in [-0.39, 0.29) is 25.0 Å². The first kappa shape index (κ1) is 41.1. The van der Waals surface area contributed by atoms with E-state index >= 15 is 0 Å². The normalized spacial score (nSPS) is 14.8. The van der Waals surface area contributed by atoms with Crippen LogP contribution in [-0.4, -0.2) is 126 Å². The predicted octanol–water partition coefficient (Wildman–Crippen LogP) is -0.987. The Kier molecular flexibility index (Phi) is 14.7. The fraction of sp³-hybridized carbons (Fsp3) is 0.471. The molecule has 6 atom stereocenters. The number of carbonyl (C=O) groups is 4. The maximum atomic E-state index is 13.8. The Labute approximate surface area is 310 Å². The van der Waals surface area contributed by atoms with Gasteiger partial charge in [0.15, 0.2) is 12.2 Å². The van der Waals surface area contributed by atoms with E-state index in [4.69, 9.17) is 9.47 Å². The van der Waals surface area contributed by atoms with Gasteiger partial charge < -0.3 is 41.0 Å². The molecule has 0 radical (unpaired) electrons. The molecule has 0 spiro atoms. The number of amides is 4. The maximum Gasteiger partial charge on any atom is 0.252 e. The third-order valence-electron chi connectivity index (χ3n) is 8.45. The van der Waals surface area contributed by atoms with Gasteiger partial charge in [0.25, 0.3) is 11.8 Å². The number of rotatable bonds is 19. The van der Waals surface area contributed by atoms with Crippen molar-refractivity contribution >= 4 is 23.6 Å². The number of aromatic amines is 2. The molecule has 4 amide bonds. The van der Waals surface area contributed by atoms with Crippen LogP contribution >= 0.6 is 0 Å². The molecule has 20 nitrogen and oxygen atoms in total. The monoisotopic (exact) mass is 750 g/mol. The molecule has 4 aromatic rings. The molecule has 0 aliphatic carbocycles. The third-order valence-corrected chi connectivity index (χ3v) is 8.45. The van der Waals surface area contributed by atoms with Crippen molar-refractivity contribution in [3.05, 3.63) is 59.7 Å². The highest BCUT2D eigenvalue weighted by Gasteiger charge is 2.42. The highest BCUT2D eigenvalue weighted by atomic mass is 16.5. The molecule has 4 rings (SSSR count). The minimum absolute atomic E-state index is 0.239. The number of tetrazole rings is 2. The van der Waals surface area contributed by atoms with Crippen LogP contribution in [0, 0.1) is 11.8 Å². The van der Waals surface area contributed by atoms with Crippen molar-refractivity contribution in [3.63, 3.8) is 0 Å². The van der Waals surface area contributed by atoms with Crippen molar-refractivity contribution < 1.29 is 38.9 Å². The number of H-pyrrole nitrogens is 2. The summed E-state index contributed by atoms with van der Waals surface area (Å²) in [4.78, 5) is 53.0. The van der Waals surface area contributed by atoms with Gasteiger partial charge in [-0.05, 0) is 33.4 Å². The molecule has 0 aliphatic heterocycles. The van der Waals surface area contributed by atoms with Crippen LogP contribution in [0.4, 0.5) is 0 Å². The van der Waals surface area contributed by atoms with Crippen molar-refractivity contribution in [2.75, 3.05) is 14.1 Å². The number of aliphatic hydroxyl groups excluding tert-OH is 2. The quantitative estimate of drug-likeness (QED) is 0.0572. The summed E-state index contributed by atoms with van der Waals surface area (Å²) >= 11 is 0. The summed E-state index contributed by atoms with van der Waals surface area (Å²) in [5.74, 6) is -2.90. The molecule has 2 heterocycles. The first-order valence-corrected chi connectivity index (χ1v) is 17.1. The number of ether oxygens (including phenoxy) is 2. The molecule has 290 valence electrons. The lowest BCUT2D eigenvalue weighted by Crippen LogP contribution is -2.60. The number of hydrogen-bond acceptors (Lipinski definition) is 14. The zero-order chi connectivity index (χ0) is 39.4. The largest absolute Gasteiger partial charge is 0.387 e. The van der Waals surface area contributed by atoms with Crippen molar-refractivity contribution in [2.45, 2.75) is 77.4 Å². The van der Waals surface area contributed by atoms with E-state index in [1.807, 2.05) is 0 Å². The zero-order valence-corrected chi connectivity index (χ0v) is 30.7. The predicted molar refractivity (Wildman–Crippen MR) is 190 cm³/mol. The second kappa shape index (κ2) is 19.4. The number of benzene rings is 2. The first-order chi connectivity index (χ1) is 25.8. The van der Waals surface area contributed by atoms with Crippen LogP contribution in [0.5, 0.6) is 0 Å². The van der Waals surface area contributed by atoms with E-state index in [1.54, 1.807) is 76.2 Å². The van der Waals surface area contributed by atoms with Gasteiger partial charge in [-0.15, -0.1) is 20.4 Å². The fourth-order valence-corrected chi connectivity index (χ4v) is 5.31. The summed E-state index contributed by atoms with van der Waals surface area (Å²) < 4.78 is 11.9. The molecule has 0 saturated carbocycles. The second-order valence-electron chi connectivity index (χ2n) is 13.0. The molecule has 54 heavy (non-hydrogen) atoms. The number of aromatic nitrogens is 8. The Morgan fingerprint density at radius 3 is 1.24 bits per heavy atom. The van der Waals surface area contributed by atoms with E-state index in [0.717, 1.165) is 0 Å².